The Kier molecular flexibility index (Phi) is 3.83. The minimum absolute atomic E-state index is 0.0476. The lowest BCUT2D eigenvalue weighted by Gasteiger charge is -2.29. The Morgan fingerprint density at radius 1 is 1.17 bits per heavy atom. The summed E-state index contributed by atoms with van der Waals surface area (Å²) < 4.78 is 5.78. The minimum atomic E-state index is -0.250. The van der Waals surface area contributed by atoms with Crippen LogP contribution in [0.15, 0.2) is 36.4 Å². The van der Waals surface area contributed by atoms with Crippen LogP contribution in [0.4, 0.5) is 0 Å². The Labute approximate surface area is 142 Å². The van der Waals surface area contributed by atoms with Gasteiger partial charge in [-0.15, -0.1) is 0 Å². The normalized spacial score (nSPS) is 20.6. The molecule has 0 aliphatic carbocycles. The van der Waals surface area contributed by atoms with Crippen LogP contribution in [0.25, 0.3) is 10.8 Å². The molecule has 1 aliphatic heterocycles. The molecule has 2 unspecified atom stereocenters. The summed E-state index contributed by atoms with van der Waals surface area (Å²) in [4.78, 5) is 12.9. The molecule has 0 saturated carbocycles. The Balaban J connectivity index is 1.93. The molecule has 0 radical (unpaired) electrons. The average molecular weight is 327 g/mol. The molecule has 1 fully saturated rings. The van der Waals surface area contributed by atoms with E-state index in [4.69, 9.17) is 4.74 Å². The smallest absolute Gasteiger partial charge is 0.316 e. The predicted molar refractivity (Wildman–Crippen MR) is 95.2 cm³/mol. The maximum atomic E-state index is 12.9. The largest absolute Gasteiger partial charge is 0.507 e. The van der Waals surface area contributed by atoms with E-state index in [2.05, 4.69) is 39.9 Å². The summed E-state index contributed by atoms with van der Waals surface area (Å²) >= 11 is 0. The number of carbonyl (C=O) groups is 1. The monoisotopic (exact) mass is 327 g/mol. The van der Waals surface area contributed by atoms with Gasteiger partial charge in [-0.25, -0.2) is 0 Å². The van der Waals surface area contributed by atoms with Gasteiger partial charge in [0.05, 0.1) is 5.92 Å². The molecule has 0 bridgehead atoms. The molecule has 2 aromatic carbocycles. The fourth-order valence-electron chi connectivity index (χ4n) is 3.37. The number of hydrogen-bond acceptors (Lipinski definition) is 4. The average Bonchev–Trinajstić information content (AvgIpc) is 3.08. The second-order valence-electron chi connectivity index (χ2n) is 8.24. The highest BCUT2D eigenvalue weighted by Gasteiger charge is 2.56. The van der Waals surface area contributed by atoms with Crippen molar-refractivity contribution in [2.75, 3.05) is 0 Å². The SMILES string of the molecule is CC(C)(C)C(C(=O)Oc1ccc(O)c2ccccc12)C1NC1(C)C. The number of benzene rings is 2. The molecule has 4 nitrogen and oxygen atoms in total. The van der Waals surface area contributed by atoms with Crippen LogP contribution in [0, 0.1) is 11.3 Å². The van der Waals surface area contributed by atoms with Crippen molar-refractivity contribution in [1.29, 1.82) is 0 Å². The molecule has 1 heterocycles. The first-order valence-corrected chi connectivity index (χ1v) is 8.31. The molecule has 24 heavy (non-hydrogen) atoms. The van der Waals surface area contributed by atoms with Gasteiger partial charge in [0, 0.05) is 22.4 Å². The Bertz CT molecular complexity index is 789. The summed E-state index contributed by atoms with van der Waals surface area (Å²) in [5.74, 6) is 0.186. The van der Waals surface area contributed by atoms with Crippen molar-refractivity contribution in [2.45, 2.75) is 46.2 Å². The Morgan fingerprint density at radius 2 is 1.75 bits per heavy atom. The molecule has 0 aromatic heterocycles. The number of hydrogen-bond donors (Lipinski definition) is 2. The van der Waals surface area contributed by atoms with Crippen molar-refractivity contribution in [3.8, 4) is 11.5 Å². The first kappa shape index (κ1) is 16.8. The number of phenols is 1. The summed E-state index contributed by atoms with van der Waals surface area (Å²) in [7, 11) is 0. The van der Waals surface area contributed by atoms with Gasteiger partial charge in [-0.2, -0.15) is 0 Å². The molecular weight excluding hydrogens is 302 g/mol. The lowest BCUT2D eigenvalue weighted by molar-refractivity contribution is -0.142. The summed E-state index contributed by atoms with van der Waals surface area (Å²) in [6.07, 6.45) is 0. The third-order valence-corrected chi connectivity index (χ3v) is 4.81. The standard InChI is InChI=1S/C20H25NO3/c1-19(2,3)16(17-20(4,5)21-17)18(23)24-15-11-10-14(22)12-8-6-7-9-13(12)15/h6-11,16-17,21-22H,1-5H3. The van der Waals surface area contributed by atoms with Gasteiger partial charge in [0.25, 0.3) is 0 Å². The van der Waals surface area contributed by atoms with Gasteiger partial charge in [0.1, 0.15) is 11.5 Å². The predicted octanol–water partition coefficient (Wildman–Crippen LogP) is 3.86. The van der Waals surface area contributed by atoms with E-state index in [-0.39, 0.29) is 34.6 Å². The third kappa shape index (κ3) is 2.98. The highest BCUT2D eigenvalue weighted by atomic mass is 16.5. The van der Waals surface area contributed by atoms with Crippen LogP contribution in [-0.2, 0) is 4.79 Å². The molecule has 0 spiro atoms. The van der Waals surface area contributed by atoms with Crippen LogP contribution < -0.4 is 10.1 Å². The van der Waals surface area contributed by atoms with Gasteiger partial charge >= 0.3 is 5.97 Å². The zero-order valence-corrected chi connectivity index (χ0v) is 14.9. The zero-order valence-electron chi connectivity index (χ0n) is 14.9. The van der Waals surface area contributed by atoms with E-state index in [0.717, 1.165) is 5.39 Å². The summed E-state index contributed by atoms with van der Waals surface area (Å²) in [5, 5.41) is 14.8. The molecule has 4 heteroatoms. The quantitative estimate of drug-likeness (QED) is 0.510. The number of ether oxygens (including phenoxy) is 1. The van der Waals surface area contributed by atoms with Crippen LogP contribution in [0.3, 0.4) is 0 Å². The number of fused-ring (bicyclic) bond motifs is 1. The van der Waals surface area contributed by atoms with E-state index in [1.807, 2.05) is 24.3 Å². The van der Waals surface area contributed by atoms with Crippen molar-refractivity contribution >= 4 is 16.7 Å². The van der Waals surface area contributed by atoms with Gasteiger partial charge in [-0.05, 0) is 31.4 Å². The molecule has 0 amide bonds. The summed E-state index contributed by atoms with van der Waals surface area (Å²) in [6, 6.07) is 10.7. The molecule has 2 atom stereocenters. The third-order valence-electron chi connectivity index (χ3n) is 4.81. The number of carbonyl (C=O) groups excluding carboxylic acids is 1. The second-order valence-corrected chi connectivity index (χ2v) is 8.24. The Morgan fingerprint density at radius 3 is 2.29 bits per heavy atom. The van der Waals surface area contributed by atoms with Gasteiger partial charge in [0.15, 0.2) is 0 Å². The summed E-state index contributed by atoms with van der Waals surface area (Å²) in [6.45, 7) is 10.4. The molecule has 1 saturated heterocycles. The molecule has 2 N–H and O–H groups in total. The minimum Gasteiger partial charge on any atom is -0.507 e. The molecule has 3 rings (SSSR count). The van der Waals surface area contributed by atoms with Crippen LogP contribution >= 0.6 is 0 Å². The first-order valence-electron chi connectivity index (χ1n) is 8.31. The van der Waals surface area contributed by atoms with Gasteiger partial charge in [-0.3, -0.25) is 4.79 Å². The fraction of sp³-hybridized carbons (Fsp3) is 0.450. The maximum absolute atomic E-state index is 12.9. The van der Waals surface area contributed by atoms with E-state index in [9.17, 15) is 9.90 Å². The lowest BCUT2D eigenvalue weighted by Crippen LogP contribution is -2.38. The van der Waals surface area contributed by atoms with E-state index >= 15 is 0 Å². The molecular formula is C20H25NO3. The highest BCUT2D eigenvalue weighted by Crippen LogP contribution is 2.42. The van der Waals surface area contributed by atoms with Gasteiger partial charge in [-0.1, -0.05) is 45.0 Å². The van der Waals surface area contributed by atoms with Crippen LogP contribution in [-0.4, -0.2) is 22.7 Å². The van der Waals surface area contributed by atoms with Crippen molar-refractivity contribution in [2.24, 2.45) is 11.3 Å². The zero-order chi connectivity index (χ0) is 17.7. The van der Waals surface area contributed by atoms with Crippen molar-refractivity contribution < 1.29 is 14.6 Å². The number of phenolic OH excluding ortho intramolecular Hbond substituents is 1. The van der Waals surface area contributed by atoms with E-state index in [1.165, 1.54) is 0 Å². The Hall–Kier alpha value is -2.07. The highest BCUT2D eigenvalue weighted by molar-refractivity contribution is 5.94. The van der Waals surface area contributed by atoms with E-state index in [0.29, 0.717) is 11.1 Å². The summed E-state index contributed by atoms with van der Waals surface area (Å²) in [5.41, 5.74) is -0.261. The first-order chi connectivity index (χ1) is 11.1. The van der Waals surface area contributed by atoms with Crippen LogP contribution in [0.1, 0.15) is 34.6 Å². The van der Waals surface area contributed by atoms with Crippen molar-refractivity contribution in [1.82, 2.24) is 5.32 Å². The van der Waals surface area contributed by atoms with Crippen LogP contribution in [0.5, 0.6) is 11.5 Å². The van der Waals surface area contributed by atoms with Crippen LogP contribution in [0.2, 0.25) is 0 Å². The van der Waals surface area contributed by atoms with Gasteiger partial charge in [0.2, 0.25) is 0 Å². The maximum Gasteiger partial charge on any atom is 0.316 e. The fourth-order valence-corrected chi connectivity index (χ4v) is 3.37. The number of aromatic hydroxyl groups is 1. The van der Waals surface area contributed by atoms with E-state index < -0.39 is 0 Å². The molecule has 128 valence electrons. The van der Waals surface area contributed by atoms with E-state index in [1.54, 1.807) is 12.1 Å². The second kappa shape index (κ2) is 5.49. The number of rotatable bonds is 3. The molecule has 2 aromatic rings. The van der Waals surface area contributed by atoms with Gasteiger partial charge < -0.3 is 15.2 Å². The van der Waals surface area contributed by atoms with Crippen molar-refractivity contribution in [3.63, 3.8) is 0 Å². The number of esters is 1. The number of nitrogens with one attached hydrogen (secondary N) is 1. The lowest BCUT2D eigenvalue weighted by atomic mass is 9.76. The molecule has 1 aliphatic rings. The van der Waals surface area contributed by atoms with Crippen molar-refractivity contribution in [3.05, 3.63) is 36.4 Å². The topological polar surface area (TPSA) is 68.5 Å².